The molecule has 0 aliphatic carbocycles. The number of rotatable bonds is 3. The molecule has 0 spiro atoms. The first kappa shape index (κ1) is 14.5. The van der Waals surface area contributed by atoms with E-state index in [0.717, 1.165) is 12.0 Å². The zero-order valence-corrected chi connectivity index (χ0v) is 12.3. The van der Waals surface area contributed by atoms with Crippen molar-refractivity contribution in [3.8, 4) is 0 Å². The van der Waals surface area contributed by atoms with Crippen LogP contribution in [0.3, 0.4) is 0 Å². The number of carbonyl (C=O) groups excluding carboxylic acids is 1. The van der Waals surface area contributed by atoms with Gasteiger partial charge in [0.15, 0.2) is 0 Å². The van der Waals surface area contributed by atoms with E-state index in [1.54, 1.807) is 17.9 Å². The molecule has 2 amide bonds. The summed E-state index contributed by atoms with van der Waals surface area (Å²) in [5.41, 5.74) is 2.22. The van der Waals surface area contributed by atoms with E-state index in [2.05, 4.69) is 20.3 Å². The molecular formula is C15H17FN4O2. The maximum atomic E-state index is 13.3. The van der Waals surface area contributed by atoms with Crippen LogP contribution < -0.4 is 5.32 Å². The zero-order chi connectivity index (χ0) is 15.5. The lowest BCUT2D eigenvalue weighted by Gasteiger charge is -2.17. The van der Waals surface area contributed by atoms with Crippen LogP contribution in [-0.2, 0) is 6.54 Å². The second kappa shape index (κ2) is 6.13. The Labute approximate surface area is 127 Å². The monoisotopic (exact) mass is 304 g/mol. The van der Waals surface area contributed by atoms with Gasteiger partial charge in [0.2, 0.25) is 0 Å². The van der Waals surface area contributed by atoms with Crippen LogP contribution in [-0.4, -0.2) is 34.3 Å². The number of urea groups is 1. The van der Waals surface area contributed by atoms with Crippen LogP contribution in [0.2, 0.25) is 0 Å². The largest absolute Gasteiger partial charge is 0.332 e. The molecule has 22 heavy (non-hydrogen) atoms. The van der Waals surface area contributed by atoms with Gasteiger partial charge in [-0.3, -0.25) is 0 Å². The number of hydrogen-bond donors (Lipinski definition) is 1. The van der Waals surface area contributed by atoms with Gasteiger partial charge >= 0.3 is 6.03 Å². The zero-order valence-electron chi connectivity index (χ0n) is 12.3. The molecule has 2 aromatic rings. The minimum absolute atomic E-state index is 0.152. The highest BCUT2D eigenvalue weighted by Gasteiger charge is 2.27. The summed E-state index contributed by atoms with van der Waals surface area (Å²) in [6, 6.07) is 6.42. The highest BCUT2D eigenvalue weighted by Crippen LogP contribution is 2.27. The van der Waals surface area contributed by atoms with Crippen LogP contribution >= 0.6 is 0 Å². The fraction of sp³-hybridized carbons (Fsp3) is 0.400. The highest BCUT2D eigenvalue weighted by atomic mass is 19.1. The molecule has 6 nitrogen and oxygen atoms in total. The highest BCUT2D eigenvalue weighted by molar-refractivity contribution is 5.74. The predicted molar refractivity (Wildman–Crippen MR) is 76.6 cm³/mol. The fourth-order valence-electron chi connectivity index (χ4n) is 2.66. The first-order valence-electron chi connectivity index (χ1n) is 7.20. The lowest BCUT2D eigenvalue weighted by Crippen LogP contribution is -2.38. The Kier molecular flexibility index (Phi) is 4.04. The number of nitrogens with zero attached hydrogens (tertiary/aromatic N) is 3. The molecule has 1 saturated heterocycles. The Balaban J connectivity index is 1.56. The number of benzene rings is 1. The number of aryl methyl sites for hydroxylation is 1. The van der Waals surface area contributed by atoms with Gasteiger partial charge in [0.1, 0.15) is 17.2 Å². The second-order valence-corrected chi connectivity index (χ2v) is 5.44. The van der Waals surface area contributed by atoms with Crippen molar-refractivity contribution in [2.45, 2.75) is 25.8 Å². The van der Waals surface area contributed by atoms with E-state index in [0.29, 0.717) is 24.5 Å². The molecule has 7 heteroatoms. The van der Waals surface area contributed by atoms with Crippen molar-refractivity contribution < 1.29 is 13.8 Å². The van der Waals surface area contributed by atoms with E-state index in [9.17, 15) is 9.18 Å². The lowest BCUT2D eigenvalue weighted by atomic mass is 9.98. The Bertz CT molecular complexity index is 673. The second-order valence-electron chi connectivity index (χ2n) is 5.44. The number of carbonyl (C=O) groups is 1. The molecule has 3 rings (SSSR count). The van der Waals surface area contributed by atoms with E-state index >= 15 is 0 Å². The minimum atomic E-state index is -0.241. The number of amides is 2. The van der Waals surface area contributed by atoms with Gasteiger partial charge < -0.3 is 10.2 Å². The van der Waals surface area contributed by atoms with E-state index in [1.807, 2.05) is 6.07 Å². The average Bonchev–Trinajstić information content (AvgIpc) is 3.14. The van der Waals surface area contributed by atoms with Gasteiger partial charge in [0.05, 0.1) is 6.54 Å². The third-order valence-corrected chi connectivity index (χ3v) is 3.95. The van der Waals surface area contributed by atoms with Crippen LogP contribution in [0.1, 0.15) is 29.3 Å². The van der Waals surface area contributed by atoms with Gasteiger partial charge in [0, 0.05) is 19.0 Å². The van der Waals surface area contributed by atoms with Gasteiger partial charge in [-0.15, -0.1) is 0 Å². The summed E-state index contributed by atoms with van der Waals surface area (Å²) in [6.45, 7) is 3.30. The first-order valence-corrected chi connectivity index (χ1v) is 7.20. The van der Waals surface area contributed by atoms with Gasteiger partial charge in [-0.25, -0.2) is 13.8 Å². The quantitative estimate of drug-likeness (QED) is 0.944. The number of likely N-dealkylation sites (tertiary alicyclic amines) is 1. The lowest BCUT2D eigenvalue weighted by molar-refractivity contribution is 0.207. The molecule has 0 radical (unpaired) electrons. The first-order chi connectivity index (χ1) is 10.6. The van der Waals surface area contributed by atoms with Gasteiger partial charge in [-0.1, -0.05) is 22.4 Å². The molecule has 2 heterocycles. The normalized spacial score (nSPS) is 17.7. The molecule has 1 unspecified atom stereocenters. The Morgan fingerprint density at radius 1 is 1.50 bits per heavy atom. The predicted octanol–water partition coefficient (Wildman–Crippen LogP) is 2.22. The third-order valence-electron chi connectivity index (χ3n) is 3.95. The molecule has 1 aromatic heterocycles. The summed E-state index contributed by atoms with van der Waals surface area (Å²) in [5, 5.41) is 10.2. The van der Waals surface area contributed by atoms with Crippen molar-refractivity contribution in [3.63, 3.8) is 0 Å². The fourth-order valence-corrected chi connectivity index (χ4v) is 2.66. The van der Waals surface area contributed by atoms with Crippen LogP contribution in [0.15, 0.2) is 28.9 Å². The molecule has 0 bridgehead atoms. The van der Waals surface area contributed by atoms with E-state index in [1.165, 1.54) is 12.1 Å². The Morgan fingerprint density at radius 3 is 3.09 bits per heavy atom. The molecule has 1 fully saturated rings. The SMILES string of the molecule is Cc1nonc1CNC(=O)N1CCC(c2cccc(F)c2)C1. The molecular weight excluding hydrogens is 287 g/mol. The number of aromatic nitrogens is 2. The smallest absolute Gasteiger partial charge is 0.317 e. The molecule has 116 valence electrons. The topological polar surface area (TPSA) is 71.3 Å². The molecule has 0 saturated carbocycles. The number of halogens is 1. The third kappa shape index (κ3) is 3.08. The molecule has 1 aliphatic rings. The summed E-state index contributed by atoms with van der Waals surface area (Å²) in [7, 11) is 0. The molecule has 1 aliphatic heterocycles. The number of nitrogens with one attached hydrogen (secondary N) is 1. The summed E-state index contributed by atoms with van der Waals surface area (Å²) in [4.78, 5) is 13.9. The summed E-state index contributed by atoms with van der Waals surface area (Å²) in [6.07, 6.45) is 0.835. The van der Waals surface area contributed by atoms with Crippen molar-refractivity contribution >= 4 is 6.03 Å². The van der Waals surface area contributed by atoms with Gasteiger partial charge in [-0.2, -0.15) is 0 Å². The van der Waals surface area contributed by atoms with E-state index < -0.39 is 0 Å². The summed E-state index contributed by atoms with van der Waals surface area (Å²) in [5.74, 6) is -0.0636. The summed E-state index contributed by atoms with van der Waals surface area (Å²) < 4.78 is 17.9. The maximum absolute atomic E-state index is 13.3. The minimum Gasteiger partial charge on any atom is -0.332 e. The summed E-state index contributed by atoms with van der Waals surface area (Å²) >= 11 is 0. The van der Waals surface area contributed by atoms with Crippen LogP contribution in [0.4, 0.5) is 9.18 Å². The standard InChI is InChI=1S/C15H17FN4O2/c1-10-14(19-22-18-10)8-17-15(21)20-6-5-12(9-20)11-3-2-4-13(16)7-11/h2-4,7,12H,5-6,8-9H2,1H3,(H,17,21). The molecule has 1 N–H and O–H groups in total. The molecule has 1 atom stereocenters. The van der Waals surface area contributed by atoms with Crippen molar-refractivity contribution in [2.24, 2.45) is 0 Å². The van der Waals surface area contributed by atoms with Crippen molar-refractivity contribution in [1.82, 2.24) is 20.5 Å². The Hall–Kier alpha value is -2.44. The molecule has 1 aromatic carbocycles. The van der Waals surface area contributed by atoms with Crippen LogP contribution in [0.25, 0.3) is 0 Å². The maximum Gasteiger partial charge on any atom is 0.317 e. The van der Waals surface area contributed by atoms with Crippen molar-refractivity contribution in [1.29, 1.82) is 0 Å². The van der Waals surface area contributed by atoms with Crippen molar-refractivity contribution in [2.75, 3.05) is 13.1 Å². The van der Waals surface area contributed by atoms with Crippen molar-refractivity contribution in [3.05, 3.63) is 47.0 Å². The Morgan fingerprint density at radius 2 is 2.36 bits per heavy atom. The van der Waals surface area contributed by atoms with Crippen LogP contribution in [0.5, 0.6) is 0 Å². The average molecular weight is 304 g/mol. The van der Waals surface area contributed by atoms with Gasteiger partial charge in [-0.05, 0) is 31.0 Å². The van der Waals surface area contributed by atoms with Crippen LogP contribution in [0, 0.1) is 12.7 Å². The number of hydrogen-bond acceptors (Lipinski definition) is 4. The van der Waals surface area contributed by atoms with Gasteiger partial charge in [0.25, 0.3) is 0 Å². The van der Waals surface area contributed by atoms with E-state index in [4.69, 9.17) is 0 Å². The van der Waals surface area contributed by atoms with E-state index in [-0.39, 0.29) is 24.3 Å².